The minimum Gasteiger partial charge on any atom is -0.0866 e. The van der Waals surface area contributed by atoms with Crippen molar-refractivity contribution in [1.82, 2.24) is 0 Å². The van der Waals surface area contributed by atoms with E-state index in [0.29, 0.717) is 0 Å². The van der Waals surface area contributed by atoms with Crippen LogP contribution >= 0.6 is 7.92 Å². The lowest BCUT2D eigenvalue weighted by molar-refractivity contribution is 1.74. The zero-order valence-electron chi connectivity index (χ0n) is 9.38. The molecule has 0 atom stereocenters. The van der Waals surface area contributed by atoms with Gasteiger partial charge in [-0.05, 0) is 25.5 Å². The first-order valence-corrected chi connectivity index (χ1v) is 6.85. The molecule has 80 valence electrons. The van der Waals surface area contributed by atoms with Gasteiger partial charge < -0.3 is 0 Å². The highest BCUT2D eigenvalue weighted by atomic mass is 31.1. The van der Waals surface area contributed by atoms with Gasteiger partial charge >= 0.3 is 0 Å². The monoisotopic (exact) mass is 226 g/mol. The molecule has 0 saturated heterocycles. The second-order valence-electron chi connectivity index (χ2n) is 3.52. The van der Waals surface area contributed by atoms with Gasteiger partial charge in [-0.2, -0.15) is 0 Å². The van der Waals surface area contributed by atoms with Gasteiger partial charge in [0.25, 0.3) is 0 Å². The summed E-state index contributed by atoms with van der Waals surface area (Å²) < 4.78 is 0. The fourth-order valence-electron chi connectivity index (χ4n) is 1.65. The van der Waals surface area contributed by atoms with Crippen LogP contribution in [-0.4, -0.2) is 0 Å². The van der Waals surface area contributed by atoms with Gasteiger partial charge in [-0.1, -0.05) is 72.6 Å². The summed E-state index contributed by atoms with van der Waals surface area (Å²) in [4.78, 5) is 0. The summed E-state index contributed by atoms with van der Waals surface area (Å²) in [5, 5.41) is 2.81. The van der Waals surface area contributed by atoms with Gasteiger partial charge in [0.15, 0.2) is 0 Å². The third-order valence-corrected chi connectivity index (χ3v) is 4.67. The Bertz CT molecular complexity index is 406. The highest BCUT2D eigenvalue weighted by Crippen LogP contribution is 2.34. The Morgan fingerprint density at radius 3 is 1.56 bits per heavy atom. The van der Waals surface area contributed by atoms with Crippen molar-refractivity contribution in [3.8, 4) is 0 Å². The Hall–Kier alpha value is -1.39. The largest absolute Gasteiger partial charge is 0.0866 e. The summed E-state index contributed by atoms with van der Waals surface area (Å²) in [6, 6.07) is 21.4. The minimum atomic E-state index is -0.332. The average molecular weight is 226 g/mol. The number of benzene rings is 2. The van der Waals surface area contributed by atoms with Gasteiger partial charge in [-0.15, -0.1) is 0 Å². The molecule has 0 aliphatic rings. The molecule has 0 aliphatic heterocycles. The Morgan fingerprint density at radius 2 is 1.19 bits per heavy atom. The molecule has 0 spiro atoms. The van der Waals surface area contributed by atoms with Crippen molar-refractivity contribution >= 4 is 18.5 Å². The first kappa shape index (κ1) is 11.1. The molecule has 2 rings (SSSR count). The molecular weight excluding hydrogens is 211 g/mol. The molecule has 1 heteroatoms. The normalized spacial score (nSPS) is 11.1. The molecule has 0 bridgehead atoms. The van der Waals surface area contributed by atoms with Crippen molar-refractivity contribution in [3.05, 3.63) is 72.6 Å². The van der Waals surface area contributed by atoms with Crippen LogP contribution in [0.5, 0.6) is 0 Å². The molecule has 0 radical (unpaired) electrons. The van der Waals surface area contributed by atoms with Crippen LogP contribution in [0.15, 0.2) is 72.6 Å². The topological polar surface area (TPSA) is 0 Å². The molecule has 0 N–H and O–H groups in total. The van der Waals surface area contributed by atoms with Crippen molar-refractivity contribution in [2.45, 2.75) is 6.92 Å². The van der Waals surface area contributed by atoms with Gasteiger partial charge in [0.05, 0.1) is 0 Å². The predicted octanol–water partition coefficient (Wildman–Crippen LogP) is 3.65. The highest BCUT2D eigenvalue weighted by Gasteiger charge is 2.08. The summed E-state index contributed by atoms with van der Waals surface area (Å²) in [6.07, 6.45) is 2.14. The van der Waals surface area contributed by atoms with E-state index in [1.807, 2.05) is 0 Å². The van der Waals surface area contributed by atoms with Crippen LogP contribution in [0.1, 0.15) is 6.92 Å². The zero-order valence-corrected chi connectivity index (χ0v) is 10.3. The van der Waals surface area contributed by atoms with Gasteiger partial charge in [-0.3, -0.25) is 0 Å². The molecule has 0 amide bonds. The van der Waals surface area contributed by atoms with Gasteiger partial charge in [0.2, 0.25) is 0 Å². The van der Waals surface area contributed by atoms with E-state index in [1.165, 1.54) is 10.6 Å². The molecule has 0 aromatic heterocycles. The van der Waals surface area contributed by atoms with E-state index in [1.54, 1.807) is 0 Å². The third-order valence-electron chi connectivity index (χ3n) is 2.37. The van der Waals surface area contributed by atoms with Crippen molar-refractivity contribution < 1.29 is 0 Å². The van der Waals surface area contributed by atoms with E-state index >= 15 is 0 Å². The second-order valence-corrected chi connectivity index (χ2v) is 5.59. The van der Waals surface area contributed by atoms with Crippen LogP contribution in [0.25, 0.3) is 0 Å². The Balaban J connectivity index is 2.39. The fourth-order valence-corrected chi connectivity index (χ4v) is 3.57. The number of hydrogen-bond donors (Lipinski definition) is 0. The van der Waals surface area contributed by atoms with Gasteiger partial charge in [0, 0.05) is 0 Å². The molecule has 2 aromatic rings. The molecule has 0 unspecified atom stereocenters. The van der Waals surface area contributed by atoms with Crippen molar-refractivity contribution in [1.29, 1.82) is 0 Å². The van der Waals surface area contributed by atoms with E-state index < -0.39 is 0 Å². The van der Waals surface area contributed by atoms with E-state index in [4.69, 9.17) is 0 Å². The molecule has 16 heavy (non-hydrogen) atoms. The maximum Gasteiger partial charge on any atom is -0.0157 e. The number of allylic oxidation sites excluding steroid dienone is 1. The summed E-state index contributed by atoms with van der Waals surface area (Å²) in [7, 11) is -0.332. The third kappa shape index (κ3) is 2.59. The molecular formula is C15H15P. The standard InChI is InChI=1S/C15H15P/c1-2-13-16(14-9-5-3-6-10-14)15-11-7-4-8-12-15/h2-13H,1H3/b13-2-. The van der Waals surface area contributed by atoms with Gasteiger partial charge in [0.1, 0.15) is 0 Å². The van der Waals surface area contributed by atoms with Crippen LogP contribution in [0, 0.1) is 0 Å². The van der Waals surface area contributed by atoms with E-state index in [9.17, 15) is 0 Å². The van der Waals surface area contributed by atoms with Crippen molar-refractivity contribution in [2.75, 3.05) is 0 Å². The summed E-state index contributed by atoms with van der Waals surface area (Å²) in [6.45, 7) is 2.08. The minimum absolute atomic E-state index is 0.332. The Kier molecular flexibility index (Phi) is 3.91. The SMILES string of the molecule is C/C=C\P(c1ccccc1)c1ccccc1. The molecule has 0 fully saturated rings. The lowest BCUT2D eigenvalue weighted by Gasteiger charge is -2.13. The molecule has 0 nitrogen and oxygen atoms in total. The first-order valence-electron chi connectivity index (χ1n) is 5.44. The average Bonchev–Trinajstić information content (AvgIpc) is 2.38. The van der Waals surface area contributed by atoms with Gasteiger partial charge in [-0.25, -0.2) is 0 Å². The van der Waals surface area contributed by atoms with Crippen LogP contribution in [-0.2, 0) is 0 Å². The molecule has 2 aromatic carbocycles. The van der Waals surface area contributed by atoms with Crippen molar-refractivity contribution in [2.24, 2.45) is 0 Å². The second kappa shape index (κ2) is 5.63. The number of hydrogen-bond acceptors (Lipinski definition) is 0. The number of rotatable bonds is 3. The Labute approximate surface area is 98.4 Å². The maximum atomic E-state index is 2.31. The van der Waals surface area contributed by atoms with Crippen molar-refractivity contribution in [3.63, 3.8) is 0 Å². The molecule has 0 aliphatic carbocycles. The summed E-state index contributed by atoms with van der Waals surface area (Å²) in [5.74, 6) is 2.31. The smallest absolute Gasteiger partial charge is 0.0157 e. The van der Waals surface area contributed by atoms with E-state index in [0.717, 1.165) is 0 Å². The van der Waals surface area contributed by atoms with E-state index in [2.05, 4.69) is 79.5 Å². The predicted molar refractivity (Wildman–Crippen MR) is 73.9 cm³/mol. The summed E-state index contributed by atoms with van der Waals surface area (Å²) in [5.41, 5.74) is 0. The lowest BCUT2D eigenvalue weighted by atomic mass is 10.4. The first-order chi connectivity index (χ1) is 7.92. The van der Waals surface area contributed by atoms with Crippen LogP contribution in [0.4, 0.5) is 0 Å². The quantitative estimate of drug-likeness (QED) is 0.701. The Morgan fingerprint density at radius 1 is 0.750 bits per heavy atom. The molecule has 0 heterocycles. The maximum absolute atomic E-state index is 2.31. The zero-order chi connectivity index (χ0) is 11.2. The molecule has 0 saturated carbocycles. The van der Waals surface area contributed by atoms with E-state index in [-0.39, 0.29) is 7.92 Å². The van der Waals surface area contributed by atoms with Crippen LogP contribution in [0.2, 0.25) is 0 Å². The van der Waals surface area contributed by atoms with Crippen LogP contribution in [0.3, 0.4) is 0 Å². The summed E-state index contributed by atoms with van der Waals surface area (Å²) >= 11 is 0. The van der Waals surface area contributed by atoms with Crippen LogP contribution < -0.4 is 10.6 Å². The lowest BCUT2D eigenvalue weighted by Crippen LogP contribution is -2.09. The fraction of sp³-hybridized carbons (Fsp3) is 0.0667. The highest BCUT2D eigenvalue weighted by molar-refractivity contribution is 7.75.